The van der Waals surface area contributed by atoms with Crippen molar-refractivity contribution in [3.05, 3.63) is 30.0 Å². The third-order valence-electron chi connectivity index (χ3n) is 5.52. The lowest BCUT2D eigenvalue weighted by molar-refractivity contribution is 0.0343. The Morgan fingerprint density at radius 3 is 2.85 bits per heavy atom. The molecule has 2 fully saturated rings. The number of aromatic nitrogens is 1. The maximum absolute atomic E-state index is 12.6. The molecule has 0 radical (unpaired) electrons. The Kier molecular flexibility index (Phi) is 5.61. The van der Waals surface area contributed by atoms with E-state index in [0.717, 1.165) is 75.6 Å². The summed E-state index contributed by atoms with van der Waals surface area (Å²) in [6.45, 7) is 7.83. The van der Waals surface area contributed by atoms with E-state index in [-0.39, 0.29) is 11.9 Å². The molecule has 0 aliphatic carbocycles. The molecule has 1 aromatic heterocycles. The molecule has 0 spiro atoms. The fourth-order valence-electron chi connectivity index (χ4n) is 3.88. The van der Waals surface area contributed by atoms with Gasteiger partial charge in [0.15, 0.2) is 0 Å². The van der Waals surface area contributed by atoms with Crippen LogP contribution in [0.3, 0.4) is 0 Å². The lowest BCUT2D eigenvalue weighted by Crippen LogP contribution is -2.42. The van der Waals surface area contributed by atoms with E-state index >= 15 is 0 Å². The molecule has 2 N–H and O–H groups in total. The molecule has 1 atom stereocenters. The number of hydrogen-bond donors (Lipinski definition) is 2. The molecular weight excluding hydrogens is 344 g/mol. The van der Waals surface area contributed by atoms with Gasteiger partial charge in [-0.2, -0.15) is 0 Å². The maximum Gasteiger partial charge on any atom is 0.267 e. The quantitative estimate of drug-likeness (QED) is 0.800. The number of nitrogens with zero attached hydrogens (tertiary/aromatic N) is 2. The molecule has 4 rings (SSSR count). The van der Waals surface area contributed by atoms with Crippen molar-refractivity contribution < 1.29 is 14.3 Å². The fourth-order valence-corrected chi connectivity index (χ4v) is 3.88. The van der Waals surface area contributed by atoms with Crippen molar-refractivity contribution in [2.45, 2.75) is 12.5 Å². The molecule has 3 heterocycles. The molecule has 146 valence electrons. The molecule has 7 nitrogen and oxygen atoms in total. The van der Waals surface area contributed by atoms with Gasteiger partial charge in [0.1, 0.15) is 11.4 Å². The van der Waals surface area contributed by atoms with Gasteiger partial charge in [-0.25, -0.2) is 0 Å². The Bertz CT molecular complexity index is 785. The minimum absolute atomic E-state index is 0.0369. The lowest BCUT2D eigenvalue weighted by Gasteiger charge is -2.28. The second-order valence-corrected chi connectivity index (χ2v) is 7.35. The summed E-state index contributed by atoms with van der Waals surface area (Å²) in [6.07, 6.45) is 1.00. The number of morpholine rings is 1. The normalized spacial score (nSPS) is 21.6. The van der Waals surface area contributed by atoms with Crippen LogP contribution in [0.4, 0.5) is 0 Å². The standard InChI is InChI=1S/C20H28N4O3/c1-26-17-3-2-15-12-19(22-18(15)13-17)20(25)21-16-4-5-24(14-16)7-6-23-8-10-27-11-9-23/h2-3,12-13,16,22H,4-11,14H2,1H3,(H,21,25). The number of carbonyl (C=O) groups excluding carboxylic acids is 1. The number of likely N-dealkylation sites (tertiary alicyclic amines) is 1. The van der Waals surface area contributed by atoms with Gasteiger partial charge in [0.2, 0.25) is 0 Å². The molecule has 0 bridgehead atoms. The fraction of sp³-hybridized carbons (Fsp3) is 0.550. The number of benzene rings is 1. The van der Waals surface area contributed by atoms with Gasteiger partial charge in [-0.3, -0.25) is 14.6 Å². The SMILES string of the molecule is COc1ccc2cc(C(=O)NC3CCN(CCN4CCOCC4)C3)[nH]c2c1. The maximum atomic E-state index is 12.6. The molecule has 1 unspecified atom stereocenters. The van der Waals surface area contributed by atoms with Gasteiger partial charge in [-0.05, 0) is 24.6 Å². The molecule has 27 heavy (non-hydrogen) atoms. The summed E-state index contributed by atoms with van der Waals surface area (Å²) in [5.41, 5.74) is 1.52. The first-order chi connectivity index (χ1) is 13.2. The number of methoxy groups -OCH3 is 1. The van der Waals surface area contributed by atoms with Crippen molar-refractivity contribution >= 4 is 16.8 Å². The zero-order chi connectivity index (χ0) is 18.6. The Morgan fingerprint density at radius 2 is 2.04 bits per heavy atom. The first-order valence-corrected chi connectivity index (χ1v) is 9.71. The van der Waals surface area contributed by atoms with Crippen LogP contribution in [-0.2, 0) is 4.74 Å². The summed E-state index contributed by atoms with van der Waals surface area (Å²) in [4.78, 5) is 20.7. The second-order valence-electron chi connectivity index (χ2n) is 7.35. The van der Waals surface area contributed by atoms with Crippen LogP contribution in [0.5, 0.6) is 5.75 Å². The van der Waals surface area contributed by atoms with Gasteiger partial charge >= 0.3 is 0 Å². The van der Waals surface area contributed by atoms with Crippen LogP contribution in [0.2, 0.25) is 0 Å². The van der Waals surface area contributed by atoms with Crippen LogP contribution in [0.15, 0.2) is 24.3 Å². The highest BCUT2D eigenvalue weighted by atomic mass is 16.5. The van der Waals surface area contributed by atoms with Crippen LogP contribution in [0, 0.1) is 0 Å². The first kappa shape index (κ1) is 18.3. The summed E-state index contributed by atoms with van der Waals surface area (Å²) >= 11 is 0. The number of amides is 1. The van der Waals surface area contributed by atoms with Crippen molar-refractivity contribution in [2.24, 2.45) is 0 Å². The van der Waals surface area contributed by atoms with E-state index in [0.29, 0.717) is 5.69 Å². The van der Waals surface area contributed by atoms with Crippen molar-refractivity contribution in [2.75, 3.05) is 59.6 Å². The van der Waals surface area contributed by atoms with Crippen LogP contribution < -0.4 is 10.1 Å². The molecule has 2 aromatic rings. The highest BCUT2D eigenvalue weighted by molar-refractivity contribution is 5.98. The number of carbonyl (C=O) groups is 1. The van der Waals surface area contributed by atoms with Gasteiger partial charge in [0, 0.05) is 62.3 Å². The minimum Gasteiger partial charge on any atom is -0.497 e. The van der Waals surface area contributed by atoms with E-state index in [9.17, 15) is 4.79 Å². The van der Waals surface area contributed by atoms with E-state index in [1.54, 1.807) is 7.11 Å². The van der Waals surface area contributed by atoms with Crippen LogP contribution in [0.1, 0.15) is 16.9 Å². The molecular formula is C20H28N4O3. The molecule has 1 amide bonds. The highest BCUT2D eigenvalue weighted by Crippen LogP contribution is 2.21. The van der Waals surface area contributed by atoms with Gasteiger partial charge in [-0.15, -0.1) is 0 Å². The topological polar surface area (TPSA) is 69.8 Å². The molecule has 2 saturated heterocycles. The van der Waals surface area contributed by atoms with Gasteiger partial charge in [-0.1, -0.05) is 0 Å². The molecule has 0 saturated carbocycles. The number of hydrogen-bond acceptors (Lipinski definition) is 5. The Labute approximate surface area is 159 Å². The first-order valence-electron chi connectivity index (χ1n) is 9.71. The van der Waals surface area contributed by atoms with E-state index in [1.807, 2.05) is 24.3 Å². The van der Waals surface area contributed by atoms with E-state index in [2.05, 4.69) is 20.1 Å². The predicted molar refractivity (Wildman–Crippen MR) is 104 cm³/mol. The average Bonchev–Trinajstić information content (AvgIpc) is 3.33. The largest absolute Gasteiger partial charge is 0.497 e. The average molecular weight is 372 g/mol. The number of fused-ring (bicyclic) bond motifs is 1. The van der Waals surface area contributed by atoms with Crippen molar-refractivity contribution in [1.29, 1.82) is 0 Å². The summed E-state index contributed by atoms with van der Waals surface area (Å²) in [7, 11) is 1.64. The third-order valence-corrected chi connectivity index (χ3v) is 5.52. The number of H-pyrrole nitrogens is 1. The molecule has 1 aromatic carbocycles. The summed E-state index contributed by atoms with van der Waals surface area (Å²) in [6, 6.07) is 7.89. The zero-order valence-electron chi connectivity index (χ0n) is 15.9. The van der Waals surface area contributed by atoms with E-state index in [1.165, 1.54) is 0 Å². The van der Waals surface area contributed by atoms with Crippen molar-refractivity contribution in [1.82, 2.24) is 20.1 Å². The summed E-state index contributed by atoms with van der Waals surface area (Å²) < 4.78 is 10.6. The smallest absolute Gasteiger partial charge is 0.267 e. The van der Waals surface area contributed by atoms with Crippen LogP contribution in [-0.4, -0.2) is 86.3 Å². The van der Waals surface area contributed by atoms with E-state index in [4.69, 9.17) is 9.47 Å². The Morgan fingerprint density at radius 1 is 1.22 bits per heavy atom. The zero-order valence-corrected chi connectivity index (χ0v) is 15.9. The number of ether oxygens (including phenoxy) is 2. The lowest BCUT2D eigenvalue weighted by atomic mass is 10.2. The monoisotopic (exact) mass is 372 g/mol. The second kappa shape index (κ2) is 8.29. The van der Waals surface area contributed by atoms with Crippen molar-refractivity contribution in [3.8, 4) is 5.75 Å². The van der Waals surface area contributed by atoms with E-state index < -0.39 is 0 Å². The molecule has 7 heteroatoms. The predicted octanol–water partition coefficient (Wildman–Crippen LogP) is 1.31. The summed E-state index contributed by atoms with van der Waals surface area (Å²) in [5, 5.41) is 4.19. The van der Waals surface area contributed by atoms with Gasteiger partial charge < -0.3 is 19.8 Å². The Hall–Kier alpha value is -2.09. The minimum atomic E-state index is -0.0369. The van der Waals surface area contributed by atoms with Crippen molar-refractivity contribution in [3.63, 3.8) is 0 Å². The van der Waals surface area contributed by atoms with Crippen LogP contribution >= 0.6 is 0 Å². The van der Waals surface area contributed by atoms with Gasteiger partial charge in [0.05, 0.1) is 20.3 Å². The molecule has 2 aliphatic rings. The number of rotatable bonds is 6. The number of nitrogens with one attached hydrogen (secondary N) is 2. The van der Waals surface area contributed by atoms with Gasteiger partial charge in [0.25, 0.3) is 5.91 Å². The third kappa shape index (κ3) is 4.43. The number of aromatic amines is 1. The highest BCUT2D eigenvalue weighted by Gasteiger charge is 2.25. The molecule has 2 aliphatic heterocycles. The van der Waals surface area contributed by atoms with Crippen LogP contribution in [0.25, 0.3) is 10.9 Å². The summed E-state index contributed by atoms with van der Waals surface area (Å²) in [5.74, 6) is 0.744. The Balaban J connectivity index is 1.28.